The molecule has 0 saturated carbocycles. The quantitative estimate of drug-likeness (QED) is 0.303. The molecule has 3 aromatic carbocycles. The number of rotatable bonds is 10. The molecule has 7 nitrogen and oxygen atoms in total. The molecule has 11 heteroatoms. The minimum Gasteiger partial charge on any atom is -0.355 e. The molecule has 0 unspecified atom stereocenters. The molecule has 0 radical (unpaired) electrons. The third-order valence-electron chi connectivity index (χ3n) is 5.84. The molecular weight excluding hydrogens is 613 g/mol. The molecule has 3 rings (SSSR count). The highest BCUT2D eigenvalue weighted by Crippen LogP contribution is 2.31. The van der Waals surface area contributed by atoms with E-state index in [9.17, 15) is 18.0 Å². The monoisotopic (exact) mass is 639 g/mol. The van der Waals surface area contributed by atoms with Gasteiger partial charge >= 0.3 is 0 Å². The van der Waals surface area contributed by atoms with Crippen molar-refractivity contribution in [2.24, 2.45) is 0 Å². The van der Waals surface area contributed by atoms with E-state index in [0.29, 0.717) is 6.54 Å². The minimum atomic E-state index is -4.19. The zero-order chi connectivity index (χ0) is 28.0. The summed E-state index contributed by atoms with van der Waals surface area (Å²) in [5, 5.41) is 3.12. The van der Waals surface area contributed by atoms with Gasteiger partial charge in [-0.3, -0.25) is 13.9 Å². The fraction of sp³-hybridized carbons (Fsp3) is 0.259. The van der Waals surface area contributed by atoms with Crippen molar-refractivity contribution in [1.82, 2.24) is 10.2 Å². The molecule has 0 spiro atoms. The molecule has 3 aromatic rings. The number of hydrogen-bond acceptors (Lipinski definition) is 4. The zero-order valence-electron chi connectivity index (χ0n) is 21.1. The number of nitrogens with one attached hydrogen (secondary N) is 1. The molecule has 0 aliphatic carbocycles. The summed E-state index contributed by atoms with van der Waals surface area (Å²) >= 11 is 15.7. The van der Waals surface area contributed by atoms with Crippen LogP contribution in [0.1, 0.15) is 25.0 Å². The molecule has 0 aliphatic rings. The van der Waals surface area contributed by atoms with Crippen LogP contribution in [-0.4, -0.2) is 44.3 Å². The van der Waals surface area contributed by atoms with Gasteiger partial charge in [-0.1, -0.05) is 69.0 Å². The van der Waals surface area contributed by atoms with Gasteiger partial charge < -0.3 is 10.2 Å². The van der Waals surface area contributed by atoms with Crippen LogP contribution in [0.3, 0.4) is 0 Å². The fourth-order valence-electron chi connectivity index (χ4n) is 3.74. The van der Waals surface area contributed by atoms with Crippen LogP contribution in [-0.2, 0) is 26.2 Å². The highest BCUT2D eigenvalue weighted by molar-refractivity contribution is 9.10. The summed E-state index contributed by atoms with van der Waals surface area (Å²) in [6.45, 7) is 5.16. The van der Waals surface area contributed by atoms with E-state index in [4.69, 9.17) is 23.2 Å². The number of amides is 2. The first-order valence-corrected chi connectivity index (χ1v) is 14.8. The van der Waals surface area contributed by atoms with E-state index in [2.05, 4.69) is 21.2 Å². The molecule has 0 saturated heterocycles. The van der Waals surface area contributed by atoms with Crippen LogP contribution in [0.2, 0.25) is 10.0 Å². The van der Waals surface area contributed by atoms with Gasteiger partial charge in [-0.25, -0.2) is 8.42 Å². The smallest absolute Gasteiger partial charge is 0.264 e. The van der Waals surface area contributed by atoms with Crippen LogP contribution in [0.4, 0.5) is 5.69 Å². The lowest BCUT2D eigenvalue weighted by atomic mass is 10.1. The average Bonchev–Trinajstić information content (AvgIpc) is 2.87. The number of sulfonamides is 1. The molecule has 202 valence electrons. The molecule has 2 amide bonds. The van der Waals surface area contributed by atoms with E-state index >= 15 is 0 Å². The lowest BCUT2D eigenvalue weighted by Gasteiger charge is -2.32. The van der Waals surface area contributed by atoms with E-state index < -0.39 is 28.5 Å². The molecule has 38 heavy (non-hydrogen) atoms. The van der Waals surface area contributed by atoms with E-state index in [1.807, 2.05) is 31.2 Å². The number of anilines is 1. The number of benzene rings is 3. The predicted molar refractivity (Wildman–Crippen MR) is 155 cm³/mol. The fourth-order valence-corrected chi connectivity index (χ4v) is 5.89. The van der Waals surface area contributed by atoms with Crippen LogP contribution >= 0.6 is 39.1 Å². The standard InChI is InChI=1S/C27H28BrCl2N3O4S/c1-4-31-27(35)19(3)32(16-20-6-5-7-21(28)14-20)26(34)17-33(22-10-13-24(29)25(30)15-22)38(36,37)23-11-8-18(2)9-12-23/h5-15,19H,4,16-17H2,1-3H3,(H,31,35)/t19-/m1/s1. The molecule has 0 bridgehead atoms. The SMILES string of the molecule is CCNC(=O)[C@@H](C)N(Cc1cccc(Br)c1)C(=O)CN(c1ccc(Cl)c(Cl)c1)S(=O)(=O)c1ccc(C)cc1. The Morgan fingerprint density at radius 3 is 2.29 bits per heavy atom. The number of hydrogen-bond donors (Lipinski definition) is 1. The van der Waals surface area contributed by atoms with E-state index in [0.717, 1.165) is 19.9 Å². The Hall–Kier alpha value is -2.59. The van der Waals surface area contributed by atoms with Crippen molar-refractivity contribution >= 4 is 66.7 Å². The van der Waals surface area contributed by atoms with Gasteiger partial charge in [0.25, 0.3) is 10.0 Å². The van der Waals surface area contributed by atoms with Crippen LogP contribution in [0.5, 0.6) is 0 Å². The van der Waals surface area contributed by atoms with Crippen molar-refractivity contribution in [2.45, 2.75) is 38.3 Å². The van der Waals surface area contributed by atoms with Gasteiger partial charge in [0.15, 0.2) is 0 Å². The van der Waals surface area contributed by atoms with Gasteiger partial charge in [0.05, 0.1) is 20.6 Å². The second kappa shape index (κ2) is 13.0. The number of aryl methyl sites for hydroxylation is 1. The van der Waals surface area contributed by atoms with Gasteiger partial charge in [-0.2, -0.15) is 0 Å². The van der Waals surface area contributed by atoms with Crippen molar-refractivity contribution in [3.05, 3.63) is 92.4 Å². The summed E-state index contributed by atoms with van der Waals surface area (Å²) in [4.78, 5) is 27.9. The lowest BCUT2D eigenvalue weighted by molar-refractivity contribution is -0.139. The molecule has 0 aromatic heterocycles. The van der Waals surface area contributed by atoms with E-state index in [-0.39, 0.29) is 33.1 Å². The van der Waals surface area contributed by atoms with Gasteiger partial charge in [-0.05, 0) is 68.8 Å². The third kappa shape index (κ3) is 7.28. The highest BCUT2D eigenvalue weighted by Gasteiger charge is 2.32. The Morgan fingerprint density at radius 1 is 1.00 bits per heavy atom. The summed E-state index contributed by atoms with van der Waals surface area (Å²) in [5.74, 6) is -0.913. The van der Waals surface area contributed by atoms with Gasteiger partial charge in [0.1, 0.15) is 12.6 Å². The summed E-state index contributed by atoms with van der Waals surface area (Å²) in [7, 11) is -4.19. The maximum absolute atomic E-state index is 13.8. The number of likely N-dealkylation sites (N-methyl/N-ethyl adjacent to an activating group) is 1. The summed E-state index contributed by atoms with van der Waals surface area (Å²) in [5.41, 5.74) is 1.82. The largest absolute Gasteiger partial charge is 0.355 e. The molecule has 1 N–H and O–H groups in total. The number of nitrogens with zero attached hydrogens (tertiary/aromatic N) is 2. The Labute approximate surface area is 241 Å². The summed E-state index contributed by atoms with van der Waals surface area (Å²) in [6, 6.07) is 17.2. The summed E-state index contributed by atoms with van der Waals surface area (Å²) < 4.78 is 29.4. The van der Waals surface area contributed by atoms with E-state index in [1.165, 1.54) is 35.2 Å². The maximum Gasteiger partial charge on any atom is 0.264 e. The molecule has 0 fully saturated rings. The van der Waals surface area contributed by atoms with Crippen molar-refractivity contribution in [2.75, 3.05) is 17.4 Å². The van der Waals surface area contributed by atoms with Crippen molar-refractivity contribution in [3.63, 3.8) is 0 Å². The number of halogens is 3. The Morgan fingerprint density at radius 2 is 1.68 bits per heavy atom. The summed E-state index contributed by atoms with van der Waals surface area (Å²) in [6.07, 6.45) is 0. The van der Waals surface area contributed by atoms with Crippen molar-refractivity contribution in [3.8, 4) is 0 Å². The highest BCUT2D eigenvalue weighted by atomic mass is 79.9. The number of carbonyl (C=O) groups excluding carboxylic acids is 2. The lowest BCUT2D eigenvalue weighted by Crippen LogP contribution is -2.51. The Balaban J connectivity index is 2.06. The van der Waals surface area contributed by atoms with Crippen LogP contribution in [0.15, 0.2) is 76.1 Å². The molecule has 0 aliphatic heterocycles. The first-order chi connectivity index (χ1) is 17.9. The van der Waals surface area contributed by atoms with E-state index in [1.54, 1.807) is 26.0 Å². The average molecular weight is 641 g/mol. The minimum absolute atomic E-state index is 0.0114. The third-order valence-corrected chi connectivity index (χ3v) is 8.86. The van der Waals surface area contributed by atoms with Gasteiger partial charge in [-0.15, -0.1) is 0 Å². The molecular formula is C27H28BrCl2N3O4S. The maximum atomic E-state index is 13.8. The van der Waals surface area contributed by atoms with Crippen LogP contribution in [0.25, 0.3) is 0 Å². The normalized spacial score (nSPS) is 12.1. The number of carbonyl (C=O) groups is 2. The second-order valence-electron chi connectivity index (χ2n) is 8.65. The topological polar surface area (TPSA) is 86.8 Å². The Kier molecular flexibility index (Phi) is 10.2. The first-order valence-electron chi connectivity index (χ1n) is 11.8. The first kappa shape index (κ1) is 30.0. The van der Waals surface area contributed by atoms with Gasteiger partial charge in [0, 0.05) is 17.6 Å². The second-order valence-corrected chi connectivity index (χ2v) is 12.2. The van der Waals surface area contributed by atoms with Crippen LogP contribution in [0, 0.1) is 6.92 Å². The van der Waals surface area contributed by atoms with Crippen molar-refractivity contribution in [1.29, 1.82) is 0 Å². The zero-order valence-corrected chi connectivity index (χ0v) is 25.0. The predicted octanol–water partition coefficient (Wildman–Crippen LogP) is 5.81. The molecule has 1 atom stereocenters. The van der Waals surface area contributed by atoms with Crippen LogP contribution < -0.4 is 9.62 Å². The molecule has 0 heterocycles. The Bertz CT molecular complexity index is 1420. The van der Waals surface area contributed by atoms with Gasteiger partial charge in [0.2, 0.25) is 11.8 Å². The van der Waals surface area contributed by atoms with Crippen molar-refractivity contribution < 1.29 is 18.0 Å².